The van der Waals surface area contributed by atoms with Gasteiger partial charge in [0.15, 0.2) is 0 Å². The summed E-state index contributed by atoms with van der Waals surface area (Å²) in [6.45, 7) is 1.83. The highest BCUT2D eigenvalue weighted by Gasteiger charge is 2.45. The van der Waals surface area contributed by atoms with E-state index in [9.17, 15) is 10.4 Å². The Balaban J connectivity index is 1.75. The molecule has 2 aromatic heterocycles. The lowest BCUT2D eigenvalue weighted by molar-refractivity contribution is 0.114. The Hall–Kier alpha value is -2.45. The molecule has 0 aliphatic heterocycles. The van der Waals surface area contributed by atoms with Gasteiger partial charge in [-0.25, -0.2) is 0 Å². The van der Waals surface area contributed by atoms with Gasteiger partial charge in [-0.3, -0.25) is 9.67 Å². The van der Waals surface area contributed by atoms with Crippen LogP contribution in [-0.2, 0) is 17.6 Å². The van der Waals surface area contributed by atoms with Gasteiger partial charge in [0.05, 0.1) is 23.7 Å². The minimum atomic E-state index is -1.12. The van der Waals surface area contributed by atoms with Crippen molar-refractivity contribution in [2.75, 3.05) is 0 Å². The van der Waals surface area contributed by atoms with Crippen LogP contribution in [0.15, 0.2) is 24.5 Å². The van der Waals surface area contributed by atoms with Crippen molar-refractivity contribution in [3.63, 3.8) is 0 Å². The van der Waals surface area contributed by atoms with Crippen molar-refractivity contribution < 1.29 is 5.11 Å². The zero-order chi connectivity index (χ0) is 17.2. The highest BCUT2D eigenvalue weighted by Crippen LogP contribution is 2.52. The van der Waals surface area contributed by atoms with Gasteiger partial charge in [0.1, 0.15) is 11.3 Å². The second-order valence-corrected chi connectivity index (χ2v) is 7.68. The molecule has 5 heteroatoms. The highest BCUT2D eigenvalue weighted by atomic mass is 16.3. The van der Waals surface area contributed by atoms with E-state index < -0.39 is 5.60 Å². The molecule has 5 nitrogen and oxygen atoms in total. The van der Waals surface area contributed by atoms with Crippen LogP contribution in [0.5, 0.6) is 0 Å². The molecule has 0 saturated heterocycles. The fourth-order valence-corrected chi connectivity index (χ4v) is 4.90. The van der Waals surface area contributed by atoms with E-state index in [1.807, 2.05) is 23.9 Å². The first-order valence-electron chi connectivity index (χ1n) is 8.96. The SMILES string of the molecule is CC1(O)C2=CCc3nccc(c32)-c2cn(C3(CC#N)CCCC3)nc21. The molecule has 3 aliphatic rings. The molecule has 1 fully saturated rings. The number of rotatable bonds is 2. The van der Waals surface area contributed by atoms with E-state index in [0.717, 1.165) is 60.1 Å². The van der Waals surface area contributed by atoms with Crippen LogP contribution < -0.4 is 0 Å². The van der Waals surface area contributed by atoms with Crippen molar-refractivity contribution in [1.29, 1.82) is 5.26 Å². The molecule has 5 rings (SSSR count). The zero-order valence-electron chi connectivity index (χ0n) is 14.3. The van der Waals surface area contributed by atoms with Crippen LogP contribution in [0, 0.1) is 11.3 Å². The molecule has 3 aliphatic carbocycles. The molecular formula is C20H20N4O. The Bertz CT molecular complexity index is 955. The van der Waals surface area contributed by atoms with Crippen LogP contribution in [0.3, 0.4) is 0 Å². The molecular weight excluding hydrogens is 312 g/mol. The number of allylic oxidation sites excluding steroid dienone is 1. The van der Waals surface area contributed by atoms with Crippen LogP contribution in [0.25, 0.3) is 16.7 Å². The Morgan fingerprint density at radius 1 is 1.32 bits per heavy atom. The van der Waals surface area contributed by atoms with Gasteiger partial charge in [0.2, 0.25) is 0 Å². The summed E-state index contributed by atoms with van der Waals surface area (Å²) in [4.78, 5) is 4.48. The van der Waals surface area contributed by atoms with E-state index in [2.05, 4.69) is 23.3 Å². The molecule has 25 heavy (non-hydrogen) atoms. The van der Waals surface area contributed by atoms with Crippen molar-refractivity contribution >= 4 is 5.57 Å². The first-order valence-corrected chi connectivity index (χ1v) is 8.96. The highest BCUT2D eigenvalue weighted by molar-refractivity contribution is 5.93. The summed E-state index contributed by atoms with van der Waals surface area (Å²) in [6, 6.07) is 4.37. The molecule has 0 spiro atoms. The van der Waals surface area contributed by atoms with Crippen molar-refractivity contribution in [2.24, 2.45) is 0 Å². The fraction of sp³-hybridized carbons (Fsp3) is 0.450. The minimum absolute atomic E-state index is 0.230. The van der Waals surface area contributed by atoms with Crippen LogP contribution in [0.2, 0.25) is 0 Å². The second kappa shape index (κ2) is 4.80. The summed E-state index contributed by atoms with van der Waals surface area (Å²) in [5, 5.41) is 25.5. The zero-order valence-corrected chi connectivity index (χ0v) is 14.3. The van der Waals surface area contributed by atoms with E-state index in [4.69, 9.17) is 5.10 Å². The molecule has 2 heterocycles. The maximum atomic E-state index is 11.3. The maximum absolute atomic E-state index is 11.3. The third-order valence-corrected chi connectivity index (χ3v) is 6.22. The topological polar surface area (TPSA) is 74.7 Å². The third kappa shape index (κ3) is 1.81. The monoisotopic (exact) mass is 332 g/mol. The van der Waals surface area contributed by atoms with E-state index in [1.165, 1.54) is 0 Å². The van der Waals surface area contributed by atoms with Crippen LogP contribution >= 0.6 is 0 Å². The second-order valence-electron chi connectivity index (χ2n) is 7.68. The van der Waals surface area contributed by atoms with Crippen LogP contribution in [0.1, 0.15) is 56.0 Å². The van der Waals surface area contributed by atoms with Crippen LogP contribution in [-0.4, -0.2) is 19.9 Å². The Morgan fingerprint density at radius 2 is 2.12 bits per heavy atom. The molecule has 0 bridgehead atoms. The molecule has 1 saturated carbocycles. The Labute approximate surface area is 146 Å². The maximum Gasteiger partial charge on any atom is 0.131 e. The van der Waals surface area contributed by atoms with Gasteiger partial charge >= 0.3 is 0 Å². The van der Waals surface area contributed by atoms with E-state index in [0.29, 0.717) is 12.1 Å². The predicted octanol–water partition coefficient (Wildman–Crippen LogP) is 3.29. The number of nitriles is 1. The molecule has 1 N–H and O–H groups in total. The lowest BCUT2D eigenvalue weighted by Crippen LogP contribution is -2.32. The van der Waals surface area contributed by atoms with Gasteiger partial charge in [-0.05, 0) is 37.0 Å². The van der Waals surface area contributed by atoms with E-state index in [1.54, 1.807) is 0 Å². The lowest BCUT2D eigenvalue weighted by atomic mass is 9.78. The summed E-state index contributed by atoms with van der Waals surface area (Å²) >= 11 is 0. The average molecular weight is 332 g/mol. The first kappa shape index (κ1) is 14.9. The number of aromatic nitrogens is 3. The molecule has 0 aromatic carbocycles. The number of hydrogen-bond acceptors (Lipinski definition) is 4. The van der Waals surface area contributed by atoms with E-state index >= 15 is 0 Å². The Kier molecular flexibility index (Phi) is 2.85. The third-order valence-electron chi connectivity index (χ3n) is 6.22. The summed E-state index contributed by atoms with van der Waals surface area (Å²) in [7, 11) is 0. The number of fused-ring (bicyclic) bond motifs is 2. The number of aliphatic hydroxyl groups is 1. The molecule has 2 aromatic rings. The van der Waals surface area contributed by atoms with Gasteiger partial charge < -0.3 is 5.11 Å². The Morgan fingerprint density at radius 3 is 2.88 bits per heavy atom. The lowest BCUT2D eigenvalue weighted by Gasteiger charge is -2.31. The van der Waals surface area contributed by atoms with Crippen molar-refractivity contribution in [1.82, 2.24) is 14.8 Å². The molecule has 1 atom stereocenters. The molecule has 126 valence electrons. The number of hydrogen-bond donors (Lipinski definition) is 1. The fourth-order valence-electron chi connectivity index (χ4n) is 4.90. The summed E-state index contributed by atoms with van der Waals surface area (Å²) in [6.07, 6.45) is 11.4. The number of pyridine rings is 1. The van der Waals surface area contributed by atoms with Gasteiger partial charge in [0.25, 0.3) is 0 Å². The van der Waals surface area contributed by atoms with Gasteiger partial charge in [-0.15, -0.1) is 0 Å². The summed E-state index contributed by atoms with van der Waals surface area (Å²) in [5.74, 6) is 0. The normalized spacial score (nSPS) is 25.2. The summed E-state index contributed by atoms with van der Waals surface area (Å²) in [5.41, 5.74) is 4.46. The average Bonchev–Trinajstić information content (AvgIpc) is 3.32. The summed E-state index contributed by atoms with van der Waals surface area (Å²) < 4.78 is 1.98. The van der Waals surface area contributed by atoms with Crippen molar-refractivity contribution in [2.45, 2.75) is 56.6 Å². The standard InChI is InChI=1S/C20H20N4O/c1-19(25)15-4-5-16-17(15)13(6-11-22-16)14-12-24(23-18(14)19)20(9-10-21)7-2-3-8-20/h4,6,11-12,25H,2-3,5,7-9H2,1H3. The predicted molar refractivity (Wildman–Crippen MR) is 93.4 cm³/mol. The van der Waals surface area contributed by atoms with Gasteiger partial charge in [-0.2, -0.15) is 10.4 Å². The molecule has 0 radical (unpaired) electrons. The van der Waals surface area contributed by atoms with Crippen LogP contribution in [0.4, 0.5) is 0 Å². The minimum Gasteiger partial charge on any atom is -0.379 e. The van der Waals surface area contributed by atoms with E-state index in [-0.39, 0.29) is 5.54 Å². The number of nitrogens with zero attached hydrogens (tertiary/aromatic N) is 4. The first-order chi connectivity index (χ1) is 12.1. The molecule has 1 unspecified atom stereocenters. The largest absolute Gasteiger partial charge is 0.379 e. The van der Waals surface area contributed by atoms with Gasteiger partial charge in [-0.1, -0.05) is 18.9 Å². The quantitative estimate of drug-likeness (QED) is 0.916. The molecule has 0 amide bonds. The van der Waals surface area contributed by atoms with Gasteiger partial charge in [0, 0.05) is 29.9 Å². The van der Waals surface area contributed by atoms with Crippen molar-refractivity contribution in [3.05, 3.63) is 41.5 Å². The smallest absolute Gasteiger partial charge is 0.131 e. The van der Waals surface area contributed by atoms with Crippen molar-refractivity contribution in [3.8, 4) is 17.2 Å².